The fourth-order valence-electron chi connectivity index (χ4n) is 2.09. The molecule has 0 saturated heterocycles. The number of carbonyl (C=O) groups excluding carboxylic acids is 4. The smallest absolute Gasteiger partial charge is 0.326 e. The summed E-state index contributed by atoms with van der Waals surface area (Å²) in [7, 11) is 0. The topological polar surface area (TPSA) is 217 Å². The van der Waals surface area contributed by atoms with Crippen molar-refractivity contribution >= 4 is 35.7 Å². The van der Waals surface area contributed by atoms with Crippen LogP contribution in [0.2, 0.25) is 0 Å². The molecule has 0 unspecified atom stereocenters. The predicted molar refractivity (Wildman–Crippen MR) is 93.9 cm³/mol. The predicted octanol–water partition coefficient (Wildman–Crippen LogP) is -2.51. The van der Waals surface area contributed by atoms with Crippen LogP contribution in [0.5, 0.6) is 0 Å². The van der Waals surface area contributed by atoms with Gasteiger partial charge in [-0.25, -0.2) is 9.59 Å². The third-order valence-corrected chi connectivity index (χ3v) is 3.37. The lowest BCUT2D eigenvalue weighted by Crippen LogP contribution is -2.50. The minimum absolute atomic E-state index is 0.0163. The molecule has 0 aliphatic carbocycles. The van der Waals surface area contributed by atoms with Gasteiger partial charge in [0.25, 0.3) is 0 Å². The minimum Gasteiger partial charge on any atom is -0.481 e. The number of carboxylic acids is 2. The van der Waals surface area contributed by atoms with Crippen LogP contribution in [0.1, 0.15) is 32.6 Å². The number of hydrogen-bond acceptors (Lipinski definition) is 6. The largest absolute Gasteiger partial charge is 0.481 e. The second-order valence-corrected chi connectivity index (χ2v) is 5.79. The van der Waals surface area contributed by atoms with Crippen LogP contribution in [0.4, 0.5) is 4.79 Å². The highest BCUT2D eigenvalue weighted by atomic mass is 16.4. The Balaban J connectivity index is 4.53. The van der Waals surface area contributed by atoms with Crippen LogP contribution in [0, 0.1) is 0 Å². The molecule has 158 valence electrons. The Labute approximate surface area is 160 Å². The van der Waals surface area contributed by atoms with Crippen LogP contribution in [0.3, 0.4) is 0 Å². The maximum Gasteiger partial charge on any atom is 0.326 e. The number of carboxylic acid groups (broad SMARTS) is 2. The lowest BCUT2D eigenvalue weighted by Gasteiger charge is -2.18. The summed E-state index contributed by atoms with van der Waals surface area (Å²) in [5.74, 6) is -4.56. The van der Waals surface area contributed by atoms with Crippen LogP contribution in [0.15, 0.2) is 0 Å². The lowest BCUT2D eigenvalue weighted by atomic mass is 10.1. The van der Waals surface area contributed by atoms with Gasteiger partial charge in [-0.05, 0) is 19.3 Å². The zero-order valence-corrected chi connectivity index (χ0v) is 15.3. The monoisotopic (exact) mass is 403 g/mol. The van der Waals surface area contributed by atoms with Crippen molar-refractivity contribution in [3.8, 4) is 0 Å². The Bertz CT molecular complexity index is 609. The number of rotatable bonds is 13. The summed E-state index contributed by atoms with van der Waals surface area (Å²) in [6.45, 7) is 0.720. The highest BCUT2D eigenvalue weighted by Gasteiger charge is 2.23. The first-order chi connectivity index (χ1) is 13.0. The molecule has 0 spiro atoms. The quantitative estimate of drug-likeness (QED) is 0.162. The van der Waals surface area contributed by atoms with Crippen molar-refractivity contribution in [3.05, 3.63) is 0 Å². The molecule has 0 aromatic heterocycles. The van der Waals surface area contributed by atoms with Gasteiger partial charge in [0, 0.05) is 19.9 Å². The fraction of sp³-hybridized carbons (Fsp3) is 0.600. The summed E-state index contributed by atoms with van der Waals surface area (Å²) in [6.07, 6.45) is -0.285. The number of urea groups is 1. The van der Waals surface area contributed by atoms with Gasteiger partial charge in [-0.15, -0.1) is 0 Å². The summed E-state index contributed by atoms with van der Waals surface area (Å²) in [5, 5.41) is 26.8. The Morgan fingerprint density at radius 1 is 0.929 bits per heavy atom. The van der Waals surface area contributed by atoms with Crippen LogP contribution < -0.4 is 27.0 Å². The molecule has 0 heterocycles. The second kappa shape index (κ2) is 12.9. The number of nitrogens with one attached hydrogen (secondary N) is 4. The van der Waals surface area contributed by atoms with Crippen molar-refractivity contribution in [1.29, 1.82) is 0 Å². The molecule has 8 N–H and O–H groups in total. The van der Waals surface area contributed by atoms with Crippen molar-refractivity contribution in [2.24, 2.45) is 5.73 Å². The Hall–Kier alpha value is -3.38. The van der Waals surface area contributed by atoms with Crippen molar-refractivity contribution in [1.82, 2.24) is 21.3 Å². The van der Waals surface area contributed by atoms with Crippen molar-refractivity contribution < 1.29 is 39.0 Å². The average Bonchev–Trinajstić information content (AvgIpc) is 2.58. The van der Waals surface area contributed by atoms with E-state index in [1.54, 1.807) is 0 Å². The summed E-state index contributed by atoms with van der Waals surface area (Å²) in [6, 6.07) is -3.14. The van der Waals surface area contributed by atoms with Gasteiger partial charge in [0.2, 0.25) is 17.7 Å². The summed E-state index contributed by atoms with van der Waals surface area (Å²) >= 11 is 0. The van der Waals surface area contributed by atoms with Gasteiger partial charge in [-0.2, -0.15) is 0 Å². The molecule has 13 heteroatoms. The van der Waals surface area contributed by atoms with E-state index >= 15 is 0 Å². The van der Waals surface area contributed by atoms with E-state index in [0.29, 0.717) is 0 Å². The standard InChI is InChI=1S/C15H25N5O8/c1-8(21)19-9(4-5-12(23)24)13(25)18-7-11(22)20-10(14(26)27)3-2-6-17-15(16)28/h9-10H,2-7H2,1H3,(H,18,25)(H,19,21)(H,20,22)(H,23,24)(H,26,27)(H3,16,17,28)/t9-,10-/m0/s1. The molecule has 0 bridgehead atoms. The molecule has 0 rings (SSSR count). The van der Waals surface area contributed by atoms with Gasteiger partial charge < -0.3 is 37.2 Å². The molecule has 0 aliphatic heterocycles. The number of primary amides is 1. The van der Waals surface area contributed by atoms with E-state index in [9.17, 15) is 28.8 Å². The summed E-state index contributed by atoms with van der Waals surface area (Å²) in [4.78, 5) is 67.3. The molecule has 0 aromatic carbocycles. The molecule has 0 aromatic rings. The number of hydrogen-bond donors (Lipinski definition) is 7. The molecule has 13 nitrogen and oxygen atoms in total. The third kappa shape index (κ3) is 12.1. The Morgan fingerprint density at radius 2 is 1.57 bits per heavy atom. The first-order valence-electron chi connectivity index (χ1n) is 8.35. The Morgan fingerprint density at radius 3 is 2.07 bits per heavy atom. The molecular weight excluding hydrogens is 378 g/mol. The van der Waals surface area contributed by atoms with Crippen LogP contribution in [-0.2, 0) is 24.0 Å². The van der Waals surface area contributed by atoms with Crippen molar-refractivity contribution in [3.63, 3.8) is 0 Å². The molecular formula is C15H25N5O8. The van der Waals surface area contributed by atoms with Crippen LogP contribution in [0.25, 0.3) is 0 Å². The lowest BCUT2D eigenvalue weighted by molar-refractivity contribution is -0.142. The van der Waals surface area contributed by atoms with Gasteiger partial charge in [-0.1, -0.05) is 0 Å². The number of amides is 5. The highest BCUT2D eigenvalue weighted by molar-refractivity contribution is 5.91. The molecule has 28 heavy (non-hydrogen) atoms. The van der Waals surface area contributed by atoms with E-state index < -0.39 is 54.3 Å². The zero-order valence-electron chi connectivity index (χ0n) is 15.3. The van der Waals surface area contributed by atoms with Gasteiger partial charge in [0.15, 0.2) is 0 Å². The van der Waals surface area contributed by atoms with E-state index in [0.717, 1.165) is 6.92 Å². The summed E-state index contributed by atoms with van der Waals surface area (Å²) in [5.41, 5.74) is 4.88. The first-order valence-corrected chi connectivity index (χ1v) is 8.35. The molecule has 0 aliphatic rings. The van der Waals surface area contributed by atoms with E-state index in [4.69, 9.17) is 15.9 Å². The van der Waals surface area contributed by atoms with E-state index in [1.807, 2.05) is 0 Å². The molecule has 0 saturated carbocycles. The van der Waals surface area contributed by atoms with E-state index in [-0.39, 0.29) is 32.2 Å². The molecule has 5 amide bonds. The number of carbonyl (C=O) groups is 6. The zero-order chi connectivity index (χ0) is 21.7. The van der Waals surface area contributed by atoms with Gasteiger partial charge >= 0.3 is 18.0 Å². The number of aliphatic carboxylic acids is 2. The minimum atomic E-state index is -1.30. The normalized spacial score (nSPS) is 12.2. The van der Waals surface area contributed by atoms with E-state index in [2.05, 4.69) is 21.3 Å². The fourth-order valence-corrected chi connectivity index (χ4v) is 2.09. The first kappa shape index (κ1) is 24.6. The molecule has 2 atom stereocenters. The third-order valence-electron chi connectivity index (χ3n) is 3.37. The van der Waals surface area contributed by atoms with Crippen molar-refractivity contribution in [2.45, 2.75) is 44.7 Å². The number of nitrogens with two attached hydrogens (primary N) is 1. The second-order valence-electron chi connectivity index (χ2n) is 5.79. The van der Waals surface area contributed by atoms with Gasteiger partial charge in [0.05, 0.1) is 6.54 Å². The highest BCUT2D eigenvalue weighted by Crippen LogP contribution is 1.99. The maximum absolute atomic E-state index is 12.0. The average molecular weight is 403 g/mol. The van der Waals surface area contributed by atoms with Crippen LogP contribution >= 0.6 is 0 Å². The summed E-state index contributed by atoms with van der Waals surface area (Å²) < 4.78 is 0. The van der Waals surface area contributed by atoms with Gasteiger partial charge in [-0.3, -0.25) is 19.2 Å². The molecule has 0 radical (unpaired) electrons. The maximum atomic E-state index is 12.0. The van der Waals surface area contributed by atoms with Crippen molar-refractivity contribution in [2.75, 3.05) is 13.1 Å². The van der Waals surface area contributed by atoms with Gasteiger partial charge in [0.1, 0.15) is 12.1 Å². The van der Waals surface area contributed by atoms with E-state index in [1.165, 1.54) is 0 Å². The van der Waals surface area contributed by atoms with Crippen LogP contribution in [-0.4, -0.2) is 71.1 Å². The molecule has 0 fully saturated rings. The Kier molecular flexibility index (Phi) is 11.3. The SMILES string of the molecule is CC(=O)N[C@@H](CCC(=O)O)C(=O)NCC(=O)N[C@@H](CCCNC(N)=O)C(=O)O.